The summed E-state index contributed by atoms with van der Waals surface area (Å²) in [4.78, 5) is 22.0. The van der Waals surface area contributed by atoms with Crippen molar-refractivity contribution in [3.05, 3.63) is 77.1 Å². The molecule has 0 spiro atoms. The van der Waals surface area contributed by atoms with E-state index in [1.165, 1.54) is 20.2 Å². The van der Waals surface area contributed by atoms with Gasteiger partial charge in [-0.15, -0.1) is 0 Å². The van der Waals surface area contributed by atoms with Gasteiger partial charge in [0.1, 0.15) is 11.3 Å². The van der Waals surface area contributed by atoms with Crippen molar-refractivity contribution in [1.82, 2.24) is 24.4 Å². The molecule has 204 valence electrons. The number of alkyl halides is 3. The van der Waals surface area contributed by atoms with Crippen LogP contribution < -0.4 is 10.5 Å². The van der Waals surface area contributed by atoms with Gasteiger partial charge in [0.05, 0.1) is 19.0 Å². The summed E-state index contributed by atoms with van der Waals surface area (Å²) in [5, 5.41) is 3.96. The minimum atomic E-state index is -4.71. The van der Waals surface area contributed by atoms with Crippen LogP contribution >= 0.6 is 0 Å². The lowest BCUT2D eigenvalue weighted by molar-refractivity contribution is -0.143. The van der Waals surface area contributed by atoms with Gasteiger partial charge in [-0.2, -0.15) is 18.3 Å². The van der Waals surface area contributed by atoms with Gasteiger partial charge in [-0.3, -0.25) is 9.69 Å². The van der Waals surface area contributed by atoms with Crippen molar-refractivity contribution in [3.8, 4) is 17.0 Å². The van der Waals surface area contributed by atoms with Crippen molar-refractivity contribution in [2.45, 2.75) is 26.1 Å². The topological polar surface area (TPSA) is 89.0 Å². The average molecular weight is 539 g/mol. The van der Waals surface area contributed by atoms with E-state index in [0.717, 1.165) is 10.1 Å². The first kappa shape index (κ1) is 26.5. The molecule has 2 aromatic carbocycles. The number of nitrogens with two attached hydrogens (primary N) is 1. The van der Waals surface area contributed by atoms with E-state index in [2.05, 4.69) is 21.9 Å². The maximum Gasteiger partial charge on any atom is 0.433 e. The monoisotopic (exact) mass is 538 g/mol. The summed E-state index contributed by atoms with van der Waals surface area (Å²) in [7, 11) is 1.51. The molecule has 8 nitrogen and oxygen atoms in total. The predicted octanol–water partition coefficient (Wildman–Crippen LogP) is 4.83. The van der Waals surface area contributed by atoms with Gasteiger partial charge < -0.3 is 15.4 Å². The van der Waals surface area contributed by atoms with Gasteiger partial charge >= 0.3 is 6.18 Å². The molecule has 0 bridgehead atoms. The summed E-state index contributed by atoms with van der Waals surface area (Å²) >= 11 is 0. The molecule has 0 unspecified atom stereocenters. The van der Waals surface area contributed by atoms with Crippen molar-refractivity contribution in [3.63, 3.8) is 0 Å². The van der Waals surface area contributed by atoms with E-state index in [1.54, 1.807) is 29.2 Å². The second kappa shape index (κ2) is 10.2. The third-order valence-electron chi connectivity index (χ3n) is 7.29. The van der Waals surface area contributed by atoms with E-state index in [0.29, 0.717) is 43.2 Å². The standard InChI is InChI=1S/C28H29F3N6O2/c1-17-24(19-7-9-22(39-3)10-8-19)34-26-23(16-33-37(26)25(17)28(29,30)31)27(38)36-13-11-35(12-14-36)18(2)20-5-4-6-21(32)15-20/h4-10,15-16,18H,11-14,32H2,1-3H3/t18-/m0/s1. The number of halogens is 3. The smallest absolute Gasteiger partial charge is 0.433 e. The molecule has 2 aromatic heterocycles. The summed E-state index contributed by atoms with van der Waals surface area (Å²) in [5.74, 6) is 0.171. The molecule has 39 heavy (non-hydrogen) atoms. The van der Waals surface area contributed by atoms with Crippen LogP contribution in [0.1, 0.15) is 40.1 Å². The van der Waals surface area contributed by atoms with E-state index in [-0.39, 0.29) is 28.5 Å². The van der Waals surface area contributed by atoms with Gasteiger partial charge in [-0.05, 0) is 55.8 Å². The number of hydrogen-bond donors (Lipinski definition) is 1. The highest BCUT2D eigenvalue weighted by molar-refractivity contribution is 6.00. The number of carbonyl (C=O) groups excluding carboxylic acids is 1. The molecular formula is C28H29F3N6O2. The van der Waals surface area contributed by atoms with Gasteiger partial charge in [0.15, 0.2) is 11.3 Å². The number of amides is 1. The van der Waals surface area contributed by atoms with Crippen LogP contribution in [-0.4, -0.2) is 63.6 Å². The molecular weight excluding hydrogens is 509 g/mol. The maximum atomic E-state index is 14.2. The van der Waals surface area contributed by atoms with Crippen LogP contribution in [0.5, 0.6) is 5.75 Å². The number of fused-ring (bicyclic) bond motifs is 1. The fourth-order valence-electron chi connectivity index (χ4n) is 5.10. The van der Waals surface area contributed by atoms with Gasteiger partial charge in [0.25, 0.3) is 5.91 Å². The molecule has 0 saturated carbocycles. The molecule has 1 saturated heterocycles. The van der Waals surface area contributed by atoms with Crippen molar-refractivity contribution >= 4 is 17.2 Å². The highest BCUT2D eigenvalue weighted by Gasteiger charge is 2.39. The Morgan fingerprint density at radius 2 is 1.77 bits per heavy atom. The normalized spacial score (nSPS) is 15.5. The predicted molar refractivity (Wildman–Crippen MR) is 141 cm³/mol. The molecule has 1 fully saturated rings. The van der Waals surface area contributed by atoms with Crippen LogP contribution in [-0.2, 0) is 6.18 Å². The van der Waals surface area contributed by atoms with Gasteiger partial charge in [0.2, 0.25) is 0 Å². The Kier molecular flexibility index (Phi) is 6.94. The van der Waals surface area contributed by atoms with Crippen LogP contribution in [0.15, 0.2) is 54.7 Å². The van der Waals surface area contributed by atoms with Crippen LogP contribution in [0.2, 0.25) is 0 Å². The number of piperazine rings is 1. The molecule has 1 amide bonds. The molecule has 0 aliphatic carbocycles. The summed E-state index contributed by atoms with van der Waals surface area (Å²) in [6.07, 6.45) is -3.53. The number of ether oxygens (including phenoxy) is 1. The Balaban J connectivity index is 1.45. The number of methoxy groups -OCH3 is 1. The Bertz CT molecular complexity index is 1510. The summed E-state index contributed by atoms with van der Waals surface area (Å²) in [5.41, 5.74) is 7.19. The SMILES string of the molecule is COc1ccc(-c2nc3c(C(=O)N4CCN([C@@H](C)c5cccc(N)c5)CC4)cnn3c(C(F)(F)F)c2C)cc1. The number of benzene rings is 2. The first-order valence-corrected chi connectivity index (χ1v) is 12.6. The molecule has 4 aromatic rings. The molecule has 1 aliphatic heterocycles. The van der Waals surface area contributed by atoms with E-state index < -0.39 is 17.8 Å². The van der Waals surface area contributed by atoms with E-state index in [1.807, 2.05) is 24.3 Å². The lowest BCUT2D eigenvalue weighted by atomic mass is 10.0. The first-order valence-electron chi connectivity index (χ1n) is 12.6. The van der Waals surface area contributed by atoms with Crippen molar-refractivity contribution < 1.29 is 22.7 Å². The number of nitrogens with zero attached hydrogens (tertiary/aromatic N) is 5. The largest absolute Gasteiger partial charge is 0.497 e. The molecule has 1 aliphatic rings. The third kappa shape index (κ3) is 5.01. The van der Waals surface area contributed by atoms with Crippen LogP contribution in [0.25, 0.3) is 16.9 Å². The third-order valence-corrected chi connectivity index (χ3v) is 7.29. The van der Waals surface area contributed by atoms with Gasteiger partial charge in [-0.1, -0.05) is 12.1 Å². The van der Waals surface area contributed by atoms with Crippen LogP contribution in [0, 0.1) is 6.92 Å². The Morgan fingerprint density at radius 1 is 1.08 bits per heavy atom. The van der Waals surface area contributed by atoms with Gasteiger partial charge in [-0.25, -0.2) is 9.50 Å². The highest BCUT2D eigenvalue weighted by atomic mass is 19.4. The summed E-state index contributed by atoms with van der Waals surface area (Å²) in [6.45, 7) is 5.51. The summed E-state index contributed by atoms with van der Waals surface area (Å²) < 4.78 is 48.6. The minimum absolute atomic E-state index is 0.0348. The molecule has 2 N–H and O–H groups in total. The molecule has 3 heterocycles. The molecule has 5 rings (SSSR count). The van der Waals surface area contributed by atoms with E-state index >= 15 is 0 Å². The number of rotatable bonds is 5. The minimum Gasteiger partial charge on any atom is -0.497 e. The van der Waals surface area contributed by atoms with Crippen molar-refractivity contribution in [1.29, 1.82) is 0 Å². The zero-order valence-corrected chi connectivity index (χ0v) is 21.9. The molecule has 1 atom stereocenters. The second-order valence-corrected chi connectivity index (χ2v) is 9.63. The Labute approximate surface area is 223 Å². The van der Waals surface area contributed by atoms with Crippen LogP contribution in [0.4, 0.5) is 18.9 Å². The number of aromatic nitrogens is 3. The highest BCUT2D eigenvalue weighted by Crippen LogP contribution is 2.37. The fraction of sp³-hybridized carbons (Fsp3) is 0.321. The van der Waals surface area contributed by atoms with Crippen molar-refractivity contribution in [2.24, 2.45) is 0 Å². The Hall–Kier alpha value is -4.12. The number of nitrogen functional groups attached to an aromatic ring is 1. The molecule has 0 radical (unpaired) electrons. The molecule has 11 heteroatoms. The fourth-order valence-corrected chi connectivity index (χ4v) is 5.10. The maximum absolute atomic E-state index is 14.2. The van der Waals surface area contributed by atoms with Crippen molar-refractivity contribution in [2.75, 3.05) is 39.0 Å². The zero-order chi connectivity index (χ0) is 27.9. The lowest BCUT2D eigenvalue weighted by Crippen LogP contribution is -2.49. The number of carbonyl (C=O) groups is 1. The zero-order valence-electron chi connectivity index (χ0n) is 21.9. The summed E-state index contributed by atoms with van der Waals surface area (Å²) in [6, 6.07) is 14.4. The van der Waals surface area contributed by atoms with E-state index in [9.17, 15) is 18.0 Å². The Morgan fingerprint density at radius 3 is 2.38 bits per heavy atom. The number of anilines is 1. The first-order chi connectivity index (χ1) is 18.6. The quantitative estimate of drug-likeness (QED) is 0.366. The average Bonchev–Trinajstić information content (AvgIpc) is 3.34. The number of hydrogen-bond acceptors (Lipinski definition) is 6. The second-order valence-electron chi connectivity index (χ2n) is 9.63. The lowest BCUT2D eigenvalue weighted by Gasteiger charge is -2.38. The van der Waals surface area contributed by atoms with Crippen LogP contribution in [0.3, 0.4) is 0 Å². The van der Waals surface area contributed by atoms with E-state index in [4.69, 9.17) is 10.5 Å². The van der Waals surface area contributed by atoms with Gasteiger partial charge in [0, 0.05) is 49.0 Å².